The Bertz CT molecular complexity index is 1090. The van der Waals surface area contributed by atoms with E-state index in [1.165, 1.54) is 11.3 Å². The van der Waals surface area contributed by atoms with Crippen molar-refractivity contribution in [1.29, 1.82) is 0 Å². The SMILES string of the molecule is CC(C)(C)CC(=O)Nc1nc2c(s1)CC1C(C)(CO)C(O)CCC1(C)C2CC(=O)NCc1cccs1. The molecule has 2 aromatic heterocycles. The number of aliphatic hydroxyl groups excluding tert-OH is 2. The van der Waals surface area contributed by atoms with Crippen LogP contribution in [0.5, 0.6) is 0 Å². The molecule has 2 heterocycles. The van der Waals surface area contributed by atoms with Crippen molar-refractivity contribution in [3.8, 4) is 0 Å². The minimum absolute atomic E-state index is 0.0140. The number of rotatable bonds is 7. The Hall–Kier alpha value is -1.81. The summed E-state index contributed by atoms with van der Waals surface area (Å²) in [5.74, 6) is -0.292. The minimum Gasteiger partial charge on any atom is -0.396 e. The summed E-state index contributed by atoms with van der Waals surface area (Å²) >= 11 is 3.07. The van der Waals surface area contributed by atoms with Crippen LogP contribution in [0.15, 0.2) is 17.5 Å². The molecule has 0 aromatic carbocycles. The number of amides is 2. The van der Waals surface area contributed by atoms with Gasteiger partial charge in [-0.1, -0.05) is 40.7 Å². The Balaban J connectivity index is 1.64. The van der Waals surface area contributed by atoms with Gasteiger partial charge in [-0.3, -0.25) is 9.59 Å². The van der Waals surface area contributed by atoms with Crippen molar-refractivity contribution in [3.63, 3.8) is 0 Å². The van der Waals surface area contributed by atoms with Crippen LogP contribution in [-0.4, -0.2) is 39.7 Å². The van der Waals surface area contributed by atoms with E-state index < -0.39 is 11.5 Å². The lowest BCUT2D eigenvalue weighted by atomic mass is 9.47. The highest BCUT2D eigenvalue weighted by Crippen LogP contribution is 2.62. The van der Waals surface area contributed by atoms with Gasteiger partial charge in [0.15, 0.2) is 5.13 Å². The highest BCUT2D eigenvalue weighted by atomic mass is 32.1. The van der Waals surface area contributed by atoms with Crippen molar-refractivity contribution < 1.29 is 19.8 Å². The maximum atomic E-state index is 13.2. The minimum atomic E-state index is -0.671. The monoisotopic (exact) mass is 533 g/mol. The van der Waals surface area contributed by atoms with Crippen LogP contribution < -0.4 is 10.6 Å². The van der Waals surface area contributed by atoms with Gasteiger partial charge < -0.3 is 20.8 Å². The third-order valence-electron chi connectivity index (χ3n) is 8.26. The van der Waals surface area contributed by atoms with Gasteiger partial charge in [0.25, 0.3) is 0 Å². The van der Waals surface area contributed by atoms with Crippen LogP contribution in [0.25, 0.3) is 0 Å². The van der Waals surface area contributed by atoms with Crippen molar-refractivity contribution in [1.82, 2.24) is 10.3 Å². The zero-order valence-corrected chi connectivity index (χ0v) is 23.5. The smallest absolute Gasteiger partial charge is 0.226 e. The van der Waals surface area contributed by atoms with E-state index in [4.69, 9.17) is 4.98 Å². The number of fused-ring (bicyclic) bond motifs is 2. The molecule has 4 N–H and O–H groups in total. The molecule has 198 valence electrons. The number of nitrogens with one attached hydrogen (secondary N) is 2. The number of hydrogen-bond acceptors (Lipinski definition) is 7. The highest BCUT2D eigenvalue weighted by Gasteiger charge is 2.59. The van der Waals surface area contributed by atoms with E-state index in [1.807, 2.05) is 45.2 Å². The average Bonchev–Trinajstić information content (AvgIpc) is 3.45. The summed E-state index contributed by atoms with van der Waals surface area (Å²) in [6.45, 7) is 10.6. The molecule has 5 unspecified atom stereocenters. The van der Waals surface area contributed by atoms with Gasteiger partial charge in [-0.05, 0) is 47.5 Å². The van der Waals surface area contributed by atoms with Crippen LogP contribution in [0.1, 0.15) is 81.7 Å². The molecule has 2 aliphatic carbocycles. The normalized spacial score (nSPS) is 29.8. The first kappa shape index (κ1) is 27.2. The Labute approximate surface area is 221 Å². The summed E-state index contributed by atoms with van der Waals surface area (Å²) in [7, 11) is 0. The fourth-order valence-corrected chi connectivity index (χ4v) is 7.93. The van der Waals surface area contributed by atoms with Crippen LogP contribution in [0.4, 0.5) is 5.13 Å². The Morgan fingerprint density at radius 3 is 2.64 bits per heavy atom. The fraction of sp³-hybridized carbons (Fsp3) is 0.667. The van der Waals surface area contributed by atoms with Crippen LogP contribution >= 0.6 is 22.7 Å². The lowest BCUT2D eigenvalue weighted by molar-refractivity contribution is -0.144. The van der Waals surface area contributed by atoms with Crippen LogP contribution in [0.3, 0.4) is 0 Å². The Morgan fingerprint density at radius 1 is 1.25 bits per heavy atom. The lowest BCUT2D eigenvalue weighted by Gasteiger charge is -2.58. The average molecular weight is 534 g/mol. The lowest BCUT2D eigenvalue weighted by Crippen LogP contribution is -2.57. The number of anilines is 1. The quantitative estimate of drug-likeness (QED) is 0.412. The molecule has 2 aliphatic rings. The van der Waals surface area contributed by atoms with Gasteiger partial charge in [0.05, 0.1) is 24.9 Å². The molecule has 1 saturated carbocycles. The molecule has 0 aliphatic heterocycles. The van der Waals surface area contributed by atoms with Gasteiger partial charge in [-0.25, -0.2) is 4.98 Å². The van der Waals surface area contributed by atoms with Crippen LogP contribution in [-0.2, 0) is 22.6 Å². The number of nitrogens with zero attached hydrogens (tertiary/aromatic N) is 1. The predicted molar refractivity (Wildman–Crippen MR) is 144 cm³/mol. The molecule has 4 rings (SSSR count). The number of aromatic nitrogens is 1. The van der Waals surface area contributed by atoms with Gasteiger partial charge in [0.2, 0.25) is 11.8 Å². The molecule has 0 bridgehead atoms. The van der Waals surface area contributed by atoms with E-state index in [9.17, 15) is 19.8 Å². The largest absolute Gasteiger partial charge is 0.396 e. The van der Waals surface area contributed by atoms with E-state index in [0.29, 0.717) is 30.9 Å². The van der Waals surface area contributed by atoms with E-state index in [0.717, 1.165) is 21.9 Å². The summed E-state index contributed by atoms with van der Waals surface area (Å²) in [6, 6.07) is 3.97. The maximum absolute atomic E-state index is 13.2. The van der Waals surface area contributed by atoms with Gasteiger partial charge in [0.1, 0.15) is 0 Å². The van der Waals surface area contributed by atoms with Gasteiger partial charge in [-0.15, -0.1) is 22.7 Å². The third kappa shape index (κ3) is 5.39. The fourth-order valence-electron chi connectivity index (χ4n) is 6.20. The number of thiazole rings is 1. The summed E-state index contributed by atoms with van der Waals surface area (Å²) in [4.78, 5) is 32.8. The number of hydrogen-bond donors (Lipinski definition) is 4. The van der Waals surface area contributed by atoms with Crippen molar-refractivity contribution in [2.45, 2.75) is 85.3 Å². The Kier molecular flexibility index (Phi) is 7.68. The number of carbonyl (C=O) groups is 2. The molecule has 5 atom stereocenters. The van der Waals surface area contributed by atoms with Gasteiger partial charge in [0, 0.05) is 33.9 Å². The molecule has 0 radical (unpaired) electrons. The van der Waals surface area contributed by atoms with Crippen molar-refractivity contribution in [2.24, 2.45) is 22.2 Å². The summed E-state index contributed by atoms with van der Waals surface area (Å²) < 4.78 is 0. The molecule has 7 nitrogen and oxygen atoms in total. The molecule has 0 spiro atoms. The predicted octanol–water partition coefficient (Wildman–Crippen LogP) is 4.70. The van der Waals surface area contributed by atoms with Crippen molar-refractivity contribution in [2.75, 3.05) is 11.9 Å². The second kappa shape index (κ2) is 10.2. The standard InChI is InChI=1S/C27H39N3O4S2/c1-25(2,3)13-22(34)29-24-30-23-17(11-21(33)28-14-16-7-6-10-35-16)26(4)9-8-20(32)27(5,15-31)19(26)12-18(23)36-24/h6-7,10,17,19-20,31-32H,8-9,11-15H2,1-5H3,(H,28,33)(H,29,30,34). The van der Waals surface area contributed by atoms with Gasteiger partial charge in [-0.2, -0.15) is 0 Å². The molecule has 2 amide bonds. The Morgan fingerprint density at radius 2 is 2.00 bits per heavy atom. The summed E-state index contributed by atoms with van der Waals surface area (Å²) in [6.07, 6.45) is 2.06. The van der Waals surface area contributed by atoms with E-state index in [-0.39, 0.29) is 47.5 Å². The molecule has 9 heteroatoms. The second-order valence-electron chi connectivity index (χ2n) is 12.2. The summed E-state index contributed by atoms with van der Waals surface area (Å²) in [5.41, 5.74) is -0.236. The molecular formula is C27H39N3O4S2. The highest BCUT2D eigenvalue weighted by molar-refractivity contribution is 7.15. The van der Waals surface area contributed by atoms with Gasteiger partial charge >= 0.3 is 0 Å². The zero-order valence-electron chi connectivity index (χ0n) is 21.9. The molecule has 1 fully saturated rings. The zero-order chi connectivity index (χ0) is 26.3. The van der Waals surface area contributed by atoms with Crippen LogP contribution in [0, 0.1) is 22.2 Å². The van der Waals surface area contributed by atoms with Crippen molar-refractivity contribution >= 4 is 39.6 Å². The first-order chi connectivity index (χ1) is 16.9. The maximum Gasteiger partial charge on any atom is 0.226 e. The topological polar surface area (TPSA) is 112 Å². The summed E-state index contributed by atoms with van der Waals surface area (Å²) in [5, 5.41) is 29.9. The van der Waals surface area contributed by atoms with E-state index >= 15 is 0 Å². The first-order valence-corrected chi connectivity index (χ1v) is 14.4. The van der Waals surface area contributed by atoms with E-state index in [1.54, 1.807) is 11.3 Å². The van der Waals surface area contributed by atoms with E-state index in [2.05, 4.69) is 17.6 Å². The van der Waals surface area contributed by atoms with Crippen molar-refractivity contribution in [3.05, 3.63) is 33.0 Å². The number of aliphatic hydroxyl groups is 2. The molecule has 2 aromatic rings. The molecular weight excluding hydrogens is 494 g/mol. The number of carbonyl (C=O) groups excluding carboxylic acids is 2. The number of thiophene rings is 1. The second-order valence-corrected chi connectivity index (χ2v) is 14.3. The first-order valence-electron chi connectivity index (χ1n) is 12.7. The van der Waals surface area contributed by atoms with Crippen LogP contribution in [0.2, 0.25) is 0 Å². The third-order valence-corrected chi connectivity index (χ3v) is 10.1. The molecule has 36 heavy (non-hydrogen) atoms. The molecule has 0 saturated heterocycles.